The Hall–Kier alpha value is -2.11. The number of nitrogens with zero attached hydrogens (tertiary/aromatic N) is 3. The highest BCUT2D eigenvalue weighted by atomic mass is 16.5. The van der Waals surface area contributed by atoms with E-state index in [1.54, 1.807) is 0 Å². The fraction of sp³-hybridized carbons (Fsp3) is 0.533. The van der Waals surface area contributed by atoms with Crippen LogP contribution in [0.3, 0.4) is 0 Å². The minimum Gasteiger partial charge on any atom is -0.469 e. The zero-order valence-electron chi connectivity index (χ0n) is 12.5. The Labute approximate surface area is 123 Å². The summed E-state index contributed by atoms with van der Waals surface area (Å²) in [6.07, 6.45) is 4.17. The van der Waals surface area contributed by atoms with Gasteiger partial charge in [-0.2, -0.15) is 5.10 Å². The van der Waals surface area contributed by atoms with Crippen LogP contribution in [-0.4, -0.2) is 27.8 Å². The van der Waals surface area contributed by atoms with Crippen molar-refractivity contribution in [1.82, 2.24) is 14.8 Å². The van der Waals surface area contributed by atoms with E-state index < -0.39 is 0 Å². The number of aryl methyl sites for hydroxylation is 2. The van der Waals surface area contributed by atoms with Gasteiger partial charge in [0.05, 0.1) is 24.9 Å². The van der Waals surface area contributed by atoms with Crippen molar-refractivity contribution in [2.45, 2.75) is 39.7 Å². The third-order valence-corrected chi connectivity index (χ3v) is 4.12. The molecule has 0 amide bonds. The lowest BCUT2D eigenvalue weighted by Crippen LogP contribution is -2.24. The molecule has 0 aromatic carbocycles. The van der Waals surface area contributed by atoms with Crippen LogP contribution < -0.4 is 0 Å². The molecule has 1 aliphatic rings. The van der Waals surface area contributed by atoms with Gasteiger partial charge in [-0.3, -0.25) is 9.48 Å². The van der Waals surface area contributed by atoms with E-state index in [0.29, 0.717) is 18.9 Å². The molecule has 2 heterocycles. The van der Waals surface area contributed by atoms with Gasteiger partial charge in [0.25, 0.3) is 0 Å². The highest BCUT2D eigenvalue weighted by Crippen LogP contribution is 2.26. The summed E-state index contributed by atoms with van der Waals surface area (Å²) in [6.45, 7) is 4.38. The van der Waals surface area contributed by atoms with E-state index >= 15 is 0 Å². The number of rotatable bonds is 3. The fourth-order valence-corrected chi connectivity index (χ4v) is 2.83. The highest BCUT2D eigenvalue weighted by molar-refractivity contribution is 5.73. The maximum Gasteiger partial charge on any atom is 0.309 e. The Bertz CT molecular complexity index is 652. The molecule has 0 N–H and O–H groups in total. The Balaban J connectivity index is 1.78. The number of fused-ring (bicyclic) bond motifs is 1. The number of esters is 1. The third-order valence-electron chi connectivity index (χ3n) is 4.12. The summed E-state index contributed by atoms with van der Waals surface area (Å²) in [4.78, 5) is 16.0. The van der Waals surface area contributed by atoms with Gasteiger partial charge in [-0.1, -0.05) is 0 Å². The SMILES string of the molecule is COC(=O)[C@@H]1CCc2c(cnn2Cc2nc(C)c(C)o2)C1. The lowest BCUT2D eigenvalue weighted by molar-refractivity contribution is -0.145. The van der Waals surface area contributed by atoms with Crippen LogP contribution in [0.15, 0.2) is 10.6 Å². The topological polar surface area (TPSA) is 70.2 Å². The third kappa shape index (κ3) is 2.57. The molecule has 6 heteroatoms. The Morgan fingerprint density at radius 1 is 1.52 bits per heavy atom. The number of methoxy groups -OCH3 is 1. The minimum atomic E-state index is -0.132. The number of carbonyl (C=O) groups excluding carboxylic acids is 1. The molecule has 1 atom stereocenters. The highest BCUT2D eigenvalue weighted by Gasteiger charge is 2.28. The lowest BCUT2D eigenvalue weighted by Gasteiger charge is -2.20. The molecular formula is C15H19N3O3. The summed E-state index contributed by atoms with van der Waals surface area (Å²) in [6, 6.07) is 0. The molecule has 6 nitrogen and oxygen atoms in total. The van der Waals surface area contributed by atoms with Gasteiger partial charge in [0.1, 0.15) is 12.3 Å². The Morgan fingerprint density at radius 2 is 2.33 bits per heavy atom. The quantitative estimate of drug-likeness (QED) is 0.806. The molecule has 112 valence electrons. The maximum absolute atomic E-state index is 11.6. The smallest absolute Gasteiger partial charge is 0.309 e. The fourth-order valence-electron chi connectivity index (χ4n) is 2.83. The summed E-state index contributed by atoms with van der Waals surface area (Å²) < 4.78 is 12.4. The second-order valence-electron chi connectivity index (χ2n) is 5.49. The minimum absolute atomic E-state index is 0.0497. The van der Waals surface area contributed by atoms with Gasteiger partial charge < -0.3 is 9.15 Å². The van der Waals surface area contributed by atoms with Gasteiger partial charge in [-0.25, -0.2) is 4.98 Å². The van der Waals surface area contributed by atoms with Gasteiger partial charge in [0, 0.05) is 5.69 Å². The largest absolute Gasteiger partial charge is 0.469 e. The number of carbonyl (C=O) groups is 1. The van der Waals surface area contributed by atoms with Crippen LogP contribution in [0, 0.1) is 19.8 Å². The first-order valence-corrected chi connectivity index (χ1v) is 7.12. The zero-order valence-corrected chi connectivity index (χ0v) is 12.5. The van der Waals surface area contributed by atoms with Crippen LogP contribution in [0.1, 0.15) is 35.0 Å². The van der Waals surface area contributed by atoms with E-state index in [-0.39, 0.29) is 11.9 Å². The Morgan fingerprint density at radius 3 is 3.00 bits per heavy atom. The second kappa shape index (κ2) is 5.35. The summed E-state index contributed by atoms with van der Waals surface area (Å²) in [5.74, 6) is 1.33. The van der Waals surface area contributed by atoms with E-state index in [9.17, 15) is 4.79 Å². The van der Waals surface area contributed by atoms with Crippen LogP contribution in [-0.2, 0) is 28.9 Å². The van der Waals surface area contributed by atoms with E-state index in [1.165, 1.54) is 12.8 Å². The average molecular weight is 289 g/mol. The molecule has 1 aliphatic carbocycles. The van der Waals surface area contributed by atoms with Crippen molar-refractivity contribution in [3.8, 4) is 0 Å². The van der Waals surface area contributed by atoms with Crippen LogP contribution in [0.5, 0.6) is 0 Å². The number of ether oxygens (including phenoxy) is 1. The zero-order chi connectivity index (χ0) is 15.0. The molecule has 0 spiro atoms. The molecule has 2 aromatic heterocycles. The summed E-state index contributed by atoms with van der Waals surface area (Å²) in [5, 5.41) is 4.42. The van der Waals surface area contributed by atoms with E-state index in [0.717, 1.165) is 29.9 Å². The monoisotopic (exact) mass is 289 g/mol. The van der Waals surface area contributed by atoms with Gasteiger partial charge in [-0.05, 0) is 38.7 Å². The van der Waals surface area contributed by atoms with Crippen LogP contribution in [0.25, 0.3) is 0 Å². The summed E-state index contributed by atoms with van der Waals surface area (Å²) in [5.41, 5.74) is 3.21. The van der Waals surface area contributed by atoms with Crippen molar-refractivity contribution in [3.05, 3.63) is 34.8 Å². The standard InChI is InChI=1S/C15H19N3O3/c1-9-10(2)21-14(17-9)8-18-13-5-4-11(15(19)20-3)6-12(13)7-16-18/h7,11H,4-6,8H2,1-3H3/t11-/m1/s1. The van der Waals surface area contributed by atoms with Crippen molar-refractivity contribution in [3.63, 3.8) is 0 Å². The first-order valence-electron chi connectivity index (χ1n) is 7.12. The van der Waals surface area contributed by atoms with Gasteiger partial charge in [-0.15, -0.1) is 0 Å². The number of aromatic nitrogens is 3. The molecule has 0 unspecified atom stereocenters. The predicted molar refractivity (Wildman–Crippen MR) is 74.8 cm³/mol. The van der Waals surface area contributed by atoms with Crippen molar-refractivity contribution in [2.75, 3.05) is 7.11 Å². The normalized spacial score (nSPS) is 17.6. The molecule has 0 saturated carbocycles. The number of oxazole rings is 1. The van der Waals surface area contributed by atoms with Crippen molar-refractivity contribution < 1.29 is 13.9 Å². The van der Waals surface area contributed by atoms with Crippen molar-refractivity contribution >= 4 is 5.97 Å². The second-order valence-corrected chi connectivity index (χ2v) is 5.49. The lowest BCUT2D eigenvalue weighted by atomic mass is 9.88. The average Bonchev–Trinajstić information content (AvgIpc) is 3.02. The van der Waals surface area contributed by atoms with Crippen molar-refractivity contribution in [1.29, 1.82) is 0 Å². The van der Waals surface area contributed by atoms with E-state index in [2.05, 4.69) is 10.1 Å². The van der Waals surface area contributed by atoms with Crippen LogP contribution in [0.4, 0.5) is 0 Å². The van der Waals surface area contributed by atoms with Crippen molar-refractivity contribution in [2.24, 2.45) is 5.92 Å². The molecule has 0 fully saturated rings. The molecule has 2 aromatic rings. The molecule has 0 bridgehead atoms. The Kier molecular flexibility index (Phi) is 3.53. The van der Waals surface area contributed by atoms with E-state index in [1.807, 2.05) is 24.7 Å². The van der Waals surface area contributed by atoms with Gasteiger partial charge in [0.15, 0.2) is 0 Å². The molecule has 3 rings (SSSR count). The first kappa shape index (κ1) is 13.9. The maximum atomic E-state index is 11.6. The number of hydrogen-bond donors (Lipinski definition) is 0. The molecule has 21 heavy (non-hydrogen) atoms. The number of hydrogen-bond acceptors (Lipinski definition) is 5. The van der Waals surface area contributed by atoms with Crippen LogP contribution >= 0.6 is 0 Å². The van der Waals surface area contributed by atoms with Gasteiger partial charge >= 0.3 is 5.97 Å². The summed E-state index contributed by atoms with van der Waals surface area (Å²) >= 11 is 0. The van der Waals surface area contributed by atoms with E-state index in [4.69, 9.17) is 9.15 Å². The molecule has 0 aliphatic heterocycles. The van der Waals surface area contributed by atoms with Crippen LogP contribution in [0.2, 0.25) is 0 Å². The molecule has 0 saturated heterocycles. The molecule has 0 radical (unpaired) electrons. The molecular weight excluding hydrogens is 270 g/mol. The first-order chi connectivity index (χ1) is 10.1. The van der Waals surface area contributed by atoms with Gasteiger partial charge in [0.2, 0.25) is 5.89 Å². The predicted octanol–water partition coefficient (Wildman–Crippen LogP) is 1.81. The summed E-state index contributed by atoms with van der Waals surface area (Å²) in [7, 11) is 1.44.